The number of carbonyl (C=O) groups excluding carboxylic acids is 3. The third-order valence-corrected chi connectivity index (χ3v) is 4.26. The Bertz CT molecular complexity index is 835. The number of primary amides is 1. The molecule has 1 fully saturated rings. The maximum Gasteiger partial charge on any atom is 0.324 e. The van der Waals surface area contributed by atoms with E-state index in [9.17, 15) is 14.4 Å². The fourth-order valence-corrected chi connectivity index (χ4v) is 2.96. The maximum absolute atomic E-state index is 12.4. The lowest BCUT2D eigenvalue weighted by Gasteiger charge is -2.31. The average molecular weight is 358 g/mol. The van der Waals surface area contributed by atoms with E-state index < -0.39 is 18.0 Å². The summed E-state index contributed by atoms with van der Waals surface area (Å²) in [5.74, 6) is -0.851. The van der Waals surface area contributed by atoms with Gasteiger partial charge in [0.25, 0.3) is 0 Å². The second-order valence-electron chi connectivity index (χ2n) is 5.81. The molecular weight excluding hydrogens is 342 g/mol. The van der Waals surface area contributed by atoms with Gasteiger partial charge in [-0.05, 0) is 35.4 Å². The van der Waals surface area contributed by atoms with E-state index >= 15 is 0 Å². The zero-order chi connectivity index (χ0) is 18.0. The van der Waals surface area contributed by atoms with E-state index in [0.717, 1.165) is 10.5 Å². The molecule has 0 aliphatic carbocycles. The van der Waals surface area contributed by atoms with Crippen molar-refractivity contribution in [2.45, 2.75) is 19.0 Å². The standard InChI is InChI=1S/C18H16ClN3O3/c19-14-6-2-4-12(8-14)15-9-16(23)22(18(25)21-15)10-11-3-1-5-13(7-11)17(20)24/h1-8,15H,9-10H2,(H2,20,24)(H,21,25). The topological polar surface area (TPSA) is 92.5 Å². The van der Waals surface area contributed by atoms with Crippen molar-refractivity contribution >= 4 is 29.4 Å². The molecule has 0 saturated carbocycles. The highest BCUT2D eigenvalue weighted by Gasteiger charge is 2.32. The van der Waals surface area contributed by atoms with E-state index in [1.807, 2.05) is 6.07 Å². The number of rotatable bonds is 4. The smallest absolute Gasteiger partial charge is 0.324 e. The van der Waals surface area contributed by atoms with Crippen molar-refractivity contribution in [1.82, 2.24) is 10.2 Å². The average Bonchev–Trinajstić information content (AvgIpc) is 2.58. The number of urea groups is 1. The number of amides is 4. The lowest BCUT2D eigenvalue weighted by molar-refractivity contribution is -0.130. The number of halogens is 1. The highest BCUT2D eigenvalue weighted by Crippen LogP contribution is 2.25. The largest absolute Gasteiger partial charge is 0.366 e. The molecule has 1 aliphatic heterocycles. The first-order valence-corrected chi connectivity index (χ1v) is 8.07. The molecule has 0 aromatic heterocycles. The van der Waals surface area contributed by atoms with E-state index in [4.69, 9.17) is 17.3 Å². The van der Waals surface area contributed by atoms with Crippen molar-refractivity contribution < 1.29 is 14.4 Å². The van der Waals surface area contributed by atoms with Crippen LogP contribution in [0, 0.1) is 0 Å². The van der Waals surface area contributed by atoms with Gasteiger partial charge in [0.1, 0.15) is 0 Å². The molecule has 0 spiro atoms. The van der Waals surface area contributed by atoms with Gasteiger partial charge in [0, 0.05) is 10.6 Å². The molecule has 4 amide bonds. The summed E-state index contributed by atoms with van der Waals surface area (Å²) in [5, 5.41) is 3.36. The third kappa shape index (κ3) is 3.80. The quantitative estimate of drug-likeness (QED) is 0.880. The van der Waals surface area contributed by atoms with Crippen LogP contribution in [-0.2, 0) is 11.3 Å². The first-order chi connectivity index (χ1) is 11.9. The molecule has 3 rings (SSSR count). The van der Waals surface area contributed by atoms with Crippen LogP contribution in [0.5, 0.6) is 0 Å². The van der Waals surface area contributed by atoms with Crippen LogP contribution in [0.3, 0.4) is 0 Å². The minimum Gasteiger partial charge on any atom is -0.366 e. The number of carbonyl (C=O) groups is 3. The Morgan fingerprint density at radius 3 is 2.64 bits per heavy atom. The lowest BCUT2D eigenvalue weighted by Crippen LogP contribution is -2.50. The van der Waals surface area contributed by atoms with Crippen LogP contribution in [0.1, 0.15) is 33.9 Å². The Morgan fingerprint density at radius 2 is 1.96 bits per heavy atom. The molecule has 1 atom stereocenters. The molecule has 7 heteroatoms. The summed E-state index contributed by atoms with van der Waals surface area (Å²) >= 11 is 5.97. The van der Waals surface area contributed by atoms with Crippen molar-refractivity contribution in [1.29, 1.82) is 0 Å². The first-order valence-electron chi connectivity index (χ1n) is 7.69. The van der Waals surface area contributed by atoms with Gasteiger partial charge in [0.05, 0.1) is 19.0 Å². The molecule has 1 unspecified atom stereocenters. The van der Waals surface area contributed by atoms with E-state index in [1.54, 1.807) is 42.5 Å². The van der Waals surface area contributed by atoms with E-state index in [1.165, 1.54) is 0 Å². The normalized spacial score (nSPS) is 17.3. The second kappa shape index (κ2) is 6.94. The van der Waals surface area contributed by atoms with Gasteiger partial charge >= 0.3 is 6.03 Å². The zero-order valence-electron chi connectivity index (χ0n) is 13.2. The van der Waals surface area contributed by atoms with Gasteiger partial charge in [-0.15, -0.1) is 0 Å². The van der Waals surface area contributed by atoms with Crippen LogP contribution in [0.25, 0.3) is 0 Å². The molecule has 1 saturated heterocycles. The molecule has 3 N–H and O–H groups in total. The van der Waals surface area contributed by atoms with Crippen LogP contribution >= 0.6 is 11.6 Å². The SMILES string of the molecule is NC(=O)c1cccc(CN2C(=O)CC(c3cccc(Cl)c3)NC2=O)c1. The Hall–Kier alpha value is -2.86. The van der Waals surface area contributed by atoms with Crippen LogP contribution in [0.2, 0.25) is 5.02 Å². The van der Waals surface area contributed by atoms with Crippen LogP contribution in [0.4, 0.5) is 4.79 Å². The highest BCUT2D eigenvalue weighted by atomic mass is 35.5. The molecular formula is C18H16ClN3O3. The van der Waals surface area contributed by atoms with E-state index in [2.05, 4.69) is 5.32 Å². The van der Waals surface area contributed by atoms with Crippen LogP contribution in [0.15, 0.2) is 48.5 Å². The molecule has 1 aliphatic rings. The molecule has 2 aromatic rings. The van der Waals surface area contributed by atoms with Crippen molar-refractivity contribution in [3.8, 4) is 0 Å². The number of nitrogens with two attached hydrogens (primary N) is 1. The summed E-state index contributed by atoms with van der Waals surface area (Å²) < 4.78 is 0. The summed E-state index contributed by atoms with van der Waals surface area (Å²) in [6.45, 7) is 0.0774. The second-order valence-corrected chi connectivity index (χ2v) is 6.24. The predicted octanol–water partition coefficient (Wildman–Crippen LogP) is 2.62. The van der Waals surface area contributed by atoms with Crippen molar-refractivity contribution in [3.63, 3.8) is 0 Å². The van der Waals surface area contributed by atoms with Gasteiger partial charge in [-0.2, -0.15) is 0 Å². The Balaban J connectivity index is 1.75. The van der Waals surface area contributed by atoms with E-state index in [0.29, 0.717) is 16.1 Å². The van der Waals surface area contributed by atoms with Gasteiger partial charge < -0.3 is 11.1 Å². The maximum atomic E-state index is 12.4. The van der Waals surface area contributed by atoms with Gasteiger partial charge in [-0.1, -0.05) is 35.9 Å². The minimum atomic E-state index is -0.558. The molecule has 128 valence electrons. The number of imide groups is 1. The van der Waals surface area contributed by atoms with Gasteiger partial charge in [-0.3, -0.25) is 14.5 Å². The summed E-state index contributed by atoms with van der Waals surface area (Å²) in [4.78, 5) is 37.2. The third-order valence-electron chi connectivity index (χ3n) is 4.03. The van der Waals surface area contributed by atoms with Crippen LogP contribution in [-0.4, -0.2) is 22.7 Å². The molecule has 2 aromatic carbocycles. The number of nitrogens with zero attached hydrogens (tertiary/aromatic N) is 1. The number of hydrogen-bond acceptors (Lipinski definition) is 3. The van der Waals surface area contributed by atoms with Crippen molar-refractivity contribution in [3.05, 3.63) is 70.2 Å². The molecule has 25 heavy (non-hydrogen) atoms. The van der Waals surface area contributed by atoms with Crippen molar-refractivity contribution in [2.75, 3.05) is 0 Å². The summed E-state index contributed by atoms with van der Waals surface area (Å²) in [5.41, 5.74) is 7.02. The lowest BCUT2D eigenvalue weighted by atomic mass is 10.0. The Morgan fingerprint density at radius 1 is 1.20 bits per heavy atom. The van der Waals surface area contributed by atoms with E-state index in [-0.39, 0.29) is 18.9 Å². The molecule has 0 radical (unpaired) electrons. The number of nitrogens with one attached hydrogen (secondary N) is 1. The van der Waals surface area contributed by atoms with Crippen molar-refractivity contribution in [2.24, 2.45) is 5.73 Å². The molecule has 6 nitrogen and oxygen atoms in total. The number of hydrogen-bond donors (Lipinski definition) is 2. The summed E-state index contributed by atoms with van der Waals surface area (Å²) in [7, 11) is 0. The monoisotopic (exact) mass is 357 g/mol. The van der Waals surface area contributed by atoms with Gasteiger partial charge in [0.2, 0.25) is 11.8 Å². The molecule has 0 bridgehead atoms. The van der Waals surface area contributed by atoms with Crippen LogP contribution < -0.4 is 11.1 Å². The Labute approximate surface area is 149 Å². The zero-order valence-corrected chi connectivity index (χ0v) is 14.0. The highest BCUT2D eigenvalue weighted by molar-refractivity contribution is 6.30. The first kappa shape index (κ1) is 17.0. The van der Waals surface area contributed by atoms with Gasteiger partial charge in [-0.25, -0.2) is 4.79 Å². The minimum absolute atomic E-state index is 0.0774. The number of benzene rings is 2. The molecule has 1 heterocycles. The fraction of sp³-hybridized carbons (Fsp3) is 0.167. The van der Waals surface area contributed by atoms with Gasteiger partial charge in [0.15, 0.2) is 0 Å². The Kier molecular flexibility index (Phi) is 4.72. The fourth-order valence-electron chi connectivity index (χ4n) is 2.77. The predicted molar refractivity (Wildman–Crippen MR) is 92.9 cm³/mol. The summed E-state index contributed by atoms with van der Waals surface area (Å²) in [6, 6.07) is 12.7. The summed E-state index contributed by atoms with van der Waals surface area (Å²) in [6.07, 6.45) is 0.140.